The monoisotopic (exact) mass is 243 g/mol. The van der Waals surface area contributed by atoms with Gasteiger partial charge in [-0.15, -0.1) is 0 Å². The summed E-state index contributed by atoms with van der Waals surface area (Å²) in [6.45, 7) is 6.96. The first-order chi connectivity index (χ1) is 8.17. The Balaban J connectivity index is 2.21. The van der Waals surface area contributed by atoms with Crippen molar-refractivity contribution < 1.29 is 9.90 Å². The van der Waals surface area contributed by atoms with E-state index < -0.39 is 0 Å². The first-order valence-electron chi connectivity index (χ1n) is 6.48. The van der Waals surface area contributed by atoms with Gasteiger partial charge in [0, 0.05) is 39.1 Å². The van der Waals surface area contributed by atoms with Crippen LogP contribution in [0.1, 0.15) is 19.8 Å². The van der Waals surface area contributed by atoms with Crippen LogP contribution in [0.3, 0.4) is 0 Å². The lowest BCUT2D eigenvalue weighted by Gasteiger charge is -2.34. The Hall–Kier alpha value is -0.650. The minimum atomic E-state index is 0.196. The van der Waals surface area contributed by atoms with Crippen LogP contribution in [-0.4, -0.2) is 66.7 Å². The van der Waals surface area contributed by atoms with Crippen molar-refractivity contribution >= 4 is 5.91 Å². The molecule has 1 fully saturated rings. The first-order valence-corrected chi connectivity index (χ1v) is 6.48. The Morgan fingerprint density at radius 3 is 2.53 bits per heavy atom. The number of carbonyl (C=O) groups excluding carboxylic acids is 1. The van der Waals surface area contributed by atoms with E-state index in [1.807, 2.05) is 4.90 Å². The molecule has 1 saturated heterocycles. The third-order valence-electron chi connectivity index (χ3n) is 3.39. The van der Waals surface area contributed by atoms with Gasteiger partial charge in [0.25, 0.3) is 0 Å². The van der Waals surface area contributed by atoms with E-state index in [0.717, 1.165) is 32.6 Å². The number of hydrogen-bond acceptors (Lipinski definition) is 4. The smallest absolute Gasteiger partial charge is 0.222 e. The van der Waals surface area contributed by atoms with Crippen molar-refractivity contribution in [2.45, 2.75) is 19.8 Å². The molecule has 0 saturated carbocycles. The van der Waals surface area contributed by atoms with Crippen molar-refractivity contribution in [3.05, 3.63) is 0 Å². The van der Waals surface area contributed by atoms with Gasteiger partial charge in [-0.25, -0.2) is 0 Å². The van der Waals surface area contributed by atoms with Crippen LogP contribution in [0.15, 0.2) is 0 Å². The molecule has 0 aromatic heterocycles. The zero-order chi connectivity index (χ0) is 12.7. The van der Waals surface area contributed by atoms with Crippen LogP contribution in [0.5, 0.6) is 0 Å². The van der Waals surface area contributed by atoms with E-state index in [1.54, 1.807) is 0 Å². The molecule has 1 amide bonds. The Bertz CT molecular complexity index is 228. The molecule has 0 aliphatic carbocycles. The quantitative estimate of drug-likeness (QED) is 0.660. The van der Waals surface area contributed by atoms with Gasteiger partial charge in [-0.1, -0.05) is 6.92 Å². The summed E-state index contributed by atoms with van der Waals surface area (Å²) in [4.78, 5) is 16.0. The highest BCUT2D eigenvalue weighted by Gasteiger charge is 2.20. The summed E-state index contributed by atoms with van der Waals surface area (Å²) in [5.74, 6) is 0.670. The topological polar surface area (TPSA) is 69.8 Å². The van der Waals surface area contributed by atoms with Crippen LogP contribution in [0.4, 0.5) is 0 Å². The normalized spacial score (nSPS) is 19.4. The fourth-order valence-electron chi connectivity index (χ4n) is 2.01. The Morgan fingerprint density at radius 2 is 2.00 bits per heavy atom. The maximum atomic E-state index is 11.9. The lowest BCUT2D eigenvalue weighted by Crippen LogP contribution is -2.49. The number of hydrogen-bond donors (Lipinski definition) is 2. The largest absolute Gasteiger partial charge is 0.395 e. The van der Waals surface area contributed by atoms with E-state index in [9.17, 15) is 4.79 Å². The fourth-order valence-corrected chi connectivity index (χ4v) is 2.01. The summed E-state index contributed by atoms with van der Waals surface area (Å²) < 4.78 is 0. The van der Waals surface area contributed by atoms with Gasteiger partial charge in [-0.2, -0.15) is 0 Å². The molecule has 1 unspecified atom stereocenters. The van der Waals surface area contributed by atoms with Crippen LogP contribution < -0.4 is 5.73 Å². The van der Waals surface area contributed by atoms with Crippen molar-refractivity contribution in [1.29, 1.82) is 0 Å². The number of aliphatic hydroxyl groups excluding tert-OH is 1. The van der Waals surface area contributed by atoms with E-state index >= 15 is 0 Å². The zero-order valence-corrected chi connectivity index (χ0v) is 10.8. The maximum Gasteiger partial charge on any atom is 0.222 e. The maximum absolute atomic E-state index is 11.9. The predicted molar refractivity (Wildman–Crippen MR) is 67.6 cm³/mol. The second-order valence-corrected chi connectivity index (χ2v) is 4.83. The molecule has 100 valence electrons. The molecule has 1 heterocycles. The number of nitrogens with two attached hydrogens (primary N) is 1. The molecule has 3 N–H and O–H groups in total. The van der Waals surface area contributed by atoms with Crippen molar-refractivity contribution in [3.8, 4) is 0 Å². The minimum Gasteiger partial charge on any atom is -0.395 e. The second kappa shape index (κ2) is 7.63. The van der Waals surface area contributed by atoms with Gasteiger partial charge in [0.2, 0.25) is 5.91 Å². The number of piperazine rings is 1. The van der Waals surface area contributed by atoms with Crippen LogP contribution in [0, 0.1) is 5.92 Å². The Labute approximate surface area is 104 Å². The molecule has 5 nitrogen and oxygen atoms in total. The van der Waals surface area contributed by atoms with E-state index in [2.05, 4.69) is 11.8 Å². The first kappa shape index (κ1) is 14.4. The zero-order valence-electron chi connectivity index (χ0n) is 10.8. The average Bonchev–Trinajstić information content (AvgIpc) is 2.36. The number of amides is 1. The molecular formula is C12H25N3O2. The van der Waals surface area contributed by atoms with Gasteiger partial charge in [0.1, 0.15) is 0 Å². The highest BCUT2D eigenvalue weighted by Crippen LogP contribution is 2.08. The molecule has 0 spiro atoms. The molecule has 1 atom stereocenters. The minimum absolute atomic E-state index is 0.196. The molecule has 1 aliphatic heterocycles. The van der Waals surface area contributed by atoms with Crippen LogP contribution >= 0.6 is 0 Å². The van der Waals surface area contributed by atoms with Crippen LogP contribution in [-0.2, 0) is 4.79 Å². The molecule has 17 heavy (non-hydrogen) atoms. The lowest BCUT2D eigenvalue weighted by atomic mass is 10.1. The summed E-state index contributed by atoms with van der Waals surface area (Å²) >= 11 is 0. The predicted octanol–water partition coefficient (Wildman–Crippen LogP) is -0.502. The fraction of sp³-hybridized carbons (Fsp3) is 0.917. The Morgan fingerprint density at radius 1 is 1.35 bits per heavy atom. The SMILES string of the molecule is CC(CN)CCC(=O)N1CCN(CCO)CC1. The number of β-amino-alcohol motifs (C(OH)–C–C–N with tert-alkyl or cyclic N) is 1. The number of carbonyl (C=O) groups is 1. The van der Waals surface area contributed by atoms with Gasteiger partial charge < -0.3 is 15.7 Å². The molecule has 5 heteroatoms. The highest BCUT2D eigenvalue weighted by molar-refractivity contribution is 5.76. The summed E-state index contributed by atoms with van der Waals surface area (Å²) in [6.07, 6.45) is 1.49. The number of rotatable bonds is 6. The van der Waals surface area contributed by atoms with Crippen molar-refractivity contribution in [2.75, 3.05) is 45.9 Å². The molecule has 0 bridgehead atoms. The van der Waals surface area contributed by atoms with E-state index in [4.69, 9.17) is 10.8 Å². The van der Waals surface area contributed by atoms with Gasteiger partial charge in [0.15, 0.2) is 0 Å². The molecular weight excluding hydrogens is 218 g/mol. The summed E-state index contributed by atoms with van der Waals surface area (Å²) in [5.41, 5.74) is 5.53. The summed E-state index contributed by atoms with van der Waals surface area (Å²) in [6, 6.07) is 0. The standard InChI is InChI=1S/C12H25N3O2/c1-11(10-13)2-3-12(17)15-6-4-14(5-7-15)8-9-16/h11,16H,2-10,13H2,1H3. The van der Waals surface area contributed by atoms with Crippen molar-refractivity contribution in [2.24, 2.45) is 11.7 Å². The lowest BCUT2D eigenvalue weighted by molar-refractivity contribution is -0.133. The van der Waals surface area contributed by atoms with Crippen LogP contribution in [0.2, 0.25) is 0 Å². The third kappa shape index (κ3) is 5.02. The third-order valence-corrected chi connectivity index (χ3v) is 3.39. The summed E-state index contributed by atoms with van der Waals surface area (Å²) in [5, 5.41) is 8.83. The van der Waals surface area contributed by atoms with Gasteiger partial charge in [0.05, 0.1) is 6.61 Å². The Kier molecular flexibility index (Phi) is 6.47. The second-order valence-electron chi connectivity index (χ2n) is 4.83. The molecule has 1 aliphatic rings. The van der Waals surface area contributed by atoms with Crippen LogP contribution in [0.25, 0.3) is 0 Å². The van der Waals surface area contributed by atoms with Gasteiger partial charge in [-0.05, 0) is 18.9 Å². The summed E-state index contributed by atoms with van der Waals surface area (Å²) in [7, 11) is 0. The molecule has 0 aromatic rings. The highest BCUT2D eigenvalue weighted by atomic mass is 16.3. The molecule has 1 rings (SSSR count). The molecule has 0 aromatic carbocycles. The van der Waals surface area contributed by atoms with E-state index in [-0.39, 0.29) is 12.5 Å². The van der Waals surface area contributed by atoms with Gasteiger partial charge >= 0.3 is 0 Å². The average molecular weight is 243 g/mol. The number of nitrogens with zero attached hydrogens (tertiary/aromatic N) is 2. The number of aliphatic hydroxyl groups is 1. The molecule has 0 radical (unpaired) electrons. The van der Waals surface area contributed by atoms with Crippen molar-refractivity contribution in [1.82, 2.24) is 9.80 Å². The van der Waals surface area contributed by atoms with Gasteiger partial charge in [-0.3, -0.25) is 9.69 Å². The van der Waals surface area contributed by atoms with Crippen molar-refractivity contribution in [3.63, 3.8) is 0 Å². The van der Waals surface area contributed by atoms with E-state index in [0.29, 0.717) is 25.4 Å². The van der Waals surface area contributed by atoms with E-state index in [1.165, 1.54) is 0 Å².